The molecule has 1 atom stereocenters. The first kappa shape index (κ1) is 21.8. The summed E-state index contributed by atoms with van der Waals surface area (Å²) in [5.41, 5.74) is 2.77. The van der Waals surface area contributed by atoms with Crippen molar-refractivity contribution in [3.63, 3.8) is 0 Å². The summed E-state index contributed by atoms with van der Waals surface area (Å²) in [6, 6.07) is 15.6. The highest BCUT2D eigenvalue weighted by Crippen LogP contribution is 2.26. The molecule has 0 spiro atoms. The highest BCUT2D eigenvalue weighted by atomic mass is 16.5. The molecule has 1 fully saturated rings. The van der Waals surface area contributed by atoms with Crippen molar-refractivity contribution in [2.45, 2.75) is 38.8 Å². The van der Waals surface area contributed by atoms with Gasteiger partial charge in [-0.15, -0.1) is 0 Å². The molecule has 6 nitrogen and oxygen atoms in total. The minimum Gasteiger partial charge on any atom is -0.497 e. The minimum atomic E-state index is -0.0865. The summed E-state index contributed by atoms with van der Waals surface area (Å²) in [6.45, 7) is 4.60. The van der Waals surface area contributed by atoms with Gasteiger partial charge >= 0.3 is 0 Å². The highest BCUT2D eigenvalue weighted by molar-refractivity contribution is 5.94. The Morgan fingerprint density at radius 3 is 2.23 bits per heavy atom. The molecule has 0 bridgehead atoms. The summed E-state index contributed by atoms with van der Waals surface area (Å²) in [5.74, 6) is 0.676. The van der Waals surface area contributed by atoms with Crippen molar-refractivity contribution in [2.24, 2.45) is 0 Å². The third-order valence-corrected chi connectivity index (χ3v) is 5.55. The van der Waals surface area contributed by atoms with Crippen LogP contribution in [-0.2, 0) is 11.3 Å². The van der Waals surface area contributed by atoms with E-state index >= 15 is 0 Å². The average molecular weight is 410 g/mol. The van der Waals surface area contributed by atoms with Crippen molar-refractivity contribution in [2.75, 3.05) is 26.7 Å². The van der Waals surface area contributed by atoms with Crippen LogP contribution < -0.4 is 15.4 Å². The van der Waals surface area contributed by atoms with Gasteiger partial charge < -0.3 is 15.4 Å². The molecule has 2 aromatic carbocycles. The van der Waals surface area contributed by atoms with E-state index in [0.717, 1.165) is 24.4 Å². The Morgan fingerprint density at radius 2 is 1.63 bits per heavy atom. The average Bonchev–Trinajstić information content (AvgIpc) is 2.79. The van der Waals surface area contributed by atoms with Crippen molar-refractivity contribution in [1.29, 1.82) is 0 Å². The van der Waals surface area contributed by atoms with Crippen molar-refractivity contribution >= 4 is 11.8 Å². The lowest BCUT2D eigenvalue weighted by molar-refractivity contribution is -0.119. The molecule has 1 aliphatic heterocycles. The second kappa shape index (κ2) is 10.8. The fourth-order valence-electron chi connectivity index (χ4n) is 3.81. The third-order valence-electron chi connectivity index (χ3n) is 5.55. The molecule has 6 heteroatoms. The van der Waals surface area contributed by atoms with Gasteiger partial charge in [-0.3, -0.25) is 14.5 Å². The highest BCUT2D eigenvalue weighted by Gasteiger charge is 2.23. The maximum atomic E-state index is 12.7. The van der Waals surface area contributed by atoms with Crippen LogP contribution in [0.25, 0.3) is 0 Å². The molecule has 2 amide bonds. The van der Waals surface area contributed by atoms with Crippen LogP contribution in [0.2, 0.25) is 0 Å². The first-order valence-corrected chi connectivity index (χ1v) is 10.6. The summed E-state index contributed by atoms with van der Waals surface area (Å²) in [7, 11) is 1.67. The molecule has 160 valence electrons. The van der Waals surface area contributed by atoms with Gasteiger partial charge in [-0.05, 0) is 61.3 Å². The van der Waals surface area contributed by atoms with E-state index < -0.39 is 0 Å². The number of ether oxygens (including phenoxy) is 1. The van der Waals surface area contributed by atoms with Crippen LogP contribution in [0, 0.1) is 0 Å². The second-order valence-electron chi connectivity index (χ2n) is 7.70. The van der Waals surface area contributed by atoms with Gasteiger partial charge in [0.05, 0.1) is 13.2 Å². The van der Waals surface area contributed by atoms with Crippen molar-refractivity contribution in [3.05, 3.63) is 65.2 Å². The first-order chi connectivity index (χ1) is 14.6. The molecule has 1 saturated heterocycles. The Labute approximate surface area is 178 Å². The monoisotopic (exact) mass is 409 g/mol. The lowest BCUT2D eigenvalue weighted by Gasteiger charge is -2.35. The van der Waals surface area contributed by atoms with Crippen LogP contribution in [0.4, 0.5) is 0 Å². The molecule has 2 N–H and O–H groups in total. The predicted molar refractivity (Wildman–Crippen MR) is 117 cm³/mol. The van der Waals surface area contributed by atoms with E-state index in [9.17, 15) is 9.59 Å². The number of benzene rings is 2. The van der Waals surface area contributed by atoms with E-state index in [0.29, 0.717) is 18.7 Å². The number of hydrogen-bond donors (Lipinski definition) is 2. The maximum Gasteiger partial charge on any atom is 0.251 e. The van der Waals surface area contributed by atoms with Gasteiger partial charge in [0.25, 0.3) is 5.91 Å². The molecule has 0 aromatic heterocycles. The molecule has 1 aliphatic rings. The quantitative estimate of drug-likeness (QED) is 0.702. The van der Waals surface area contributed by atoms with Gasteiger partial charge in [-0.1, -0.05) is 30.7 Å². The zero-order chi connectivity index (χ0) is 21.3. The molecule has 1 unspecified atom stereocenters. The Morgan fingerprint density at radius 1 is 0.967 bits per heavy atom. The van der Waals surface area contributed by atoms with Crippen LogP contribution in [0.5, 0.6) is 5.75 Å². The lowest BCUT2D eigenvalue weighted by atomic mass is 10.0. The molecule has 3 rings (SSSR count). The molecular formula is C24H31N3O3. The van der Waals surface area contributed by atoms with Crippen LogP contribution >= 0.6 is 0 Å². The number of hydrogen-bond acceptors (Lipinski definition) is 4. The smallest absolute Gasteiger partial charge is 0.251 e. The van der Waals surface area contributed by atoms with Gasteiger partial charge in [-0.25, -0.2) is 0 Å². The van der Waals surface area contributed by atoms with E-state index in [1.165, 1.54) is 31.7 Å². The summed E-state index contributed by atoms with van der Waals surface area (Å²) in [6.07, 6.45) is 3.65. The van der Waals surface area contributed by atoms with E-state index in [2.05, 4.69) is 27.7 Å². The SMILES string of the molecule is COc1ccc(C(CNC(=O)c2ccc(CNC(C)=O)cc2)N2CCCCC2)cc1. The Bertz CT molecular complexity index is 828. The standard InChI is InChI=1S/C24H31N3O3/c1-18(28)25-16-19-6-8-21(9-7-19)24(29)26-17-23(27-14-4-3-5-15-27)20-10-12-22(30-2)13-11-20/h6-13,23H,3-5,14-17H2,1-2H3,(H,25,28)(H,26,29). The summed E-state index contributed by atoms with van der Waals surface area (Å²) >= 11 is 0. The molecule has 0 saturated carbocycles. The summed E-state index contributed by atoms with van der Waals surface area (Å²) in [4.78, 5) is 26.2. The number of rotatable bonds is 8. The Kier molecular flexibility index (Phi) is 7.85. The van der Waals surface area contributed by atoms with Gasteiger partial charge in [0.1, 0.15) is 5.75 Å². The zero-order valence-corrected chi connectivity index (χ0v) is 17.8. The second-order valence-corrected chi connectivity index (χ2v) is 7.70. The summed E-state index contributed by atoms with van der Waals surface area (Å²) in [5, 5.41) is 5.87. The number of likely N-dealkylation sites (tertiary alicyclic amines) is 1. The topological polar surface area (TPSA) is 70.7 Å². The normalized spacial score (nSPS) is 15.3. The number of nitrogens with zero attached hydrogens (tertiary/aromatic N) is 1. The van der Waals surface area contributed by atoms with Crippen LogP contribution in [0.3, 0.4) is 0 Å². The van der Waals surface area contributed by atoms with Crippen molar-refractivity contribution in [1.82, 2.24) is 15.5 Å². The van der Waals surface area contributed by atoms with E-state index in [-0.39, 0.29) is 17.9 Å². The van der Waals surface area contributed by atoms with Gasteiger partial charge in [0.15, 0.2) is 0 Å². The number of methoxy groups -OCH3 is 1. The van der Waals surface area contributed by atoms with E-state index in [4.69, 9.17) is 4.74 Å². The van der Waals surface area contributed by atoms with Crippen molar-refractivity contribution < 1.29 is 14.3 Å². The minimum absolute atomic E-state index is 0.0703. The molecule has 1 heterocycles. The van der Waals surface area contributed by atoms with Gasteiger partial charge in [0, 0.05) is 25.6 Å². The molecule has 0 radical (unpaired) electrons. The van der Waals surface area contributed by atoms with Gasteiger partial charge in [0.2, 0.25) is 5.91 Å². The number of nitrogens with one attached hydrogen (secondary N) is 2. The van der Waals surface area contributed by atoms with E-state index in [1.807, 2.05) is 24.3 Å². The van der Waals surface area contributed by atoms with Crippen LogP contribution in [0.1, 0.15) is 53.7 Å². The number of piperidine rings is 1. The number of carbonyl (C=O) groups excluding carboxylic acids is 2. The van der Waals surface area contributed by atoms with Crippen molar-refractivity contribution in [3.8, 4) is 5.75 Å². The first-order valence-electron chi connectivity index (χ1n) is 10.6. The third kappa shape index (κ3) is 6.07. The molecule has 2 aromatic rings. The maximum absolute atomic E-state index is 12.7. The zero-order valence-electron chi connectivity index (χ0n) is 17.8. The van der Waals surface area contributed by atoms with Gasteiger partial charge in [-0.2, -0.15) is 0 Å². The number of carbonyl (C=O) groups is 2. The molecule has 0 aliphatic carbocycles. The van der Waals surface area contributed by atoms with E-state index in [1.54, 1.807) is 19.2 Å². The fourth-order valence-corrected chi connectivity index (χ4v) is 3.81. The Hall–Kier alpha value is -2.86. The Balaban J connectivity index is 1.65. The molecule has 30 heavy (non-hydrogen) atoms. The van der Waals surface area contributed by atoms with Crippen LogP contribution in [0.15, 0.2) is 48.5 Å². The number of amides is 2. The summed E-state index contributed by atoms with van der Waals surface area (Å²) < 4.78 is 5.28. The lowest BCUT2D eigenvalue weighted by Crippen LogP contribution is -2.40. The fraction of sp³-hybridized carbons (Fsp3) is 0.417. The van der Waals surface area contributed by atoms with Crippen LogP contribution in [-0.4, -0.2) is 43.5 Å². The predicted octanol–water partition coefficient (Wildman–Crippen LogP) is 3.29. The largest absolute Gasteiger partial charge is 0.497 e. The molecular weight excluding hydrogens is 378 g/mol.